The first-order chi connectivity index (χ1) is 9.61. The first-order valence-electron chi connectivity index (χ1n) is 6.59. The van der Waals surface area contributed by atoms with Gasteiger partial charge in [0.25, 0.3) is 0 Å². The molecule has 20 heavy (non-hydrogen) atoms. The maximum atomic E-state index is 6.23. The molecule has 0 unspecified atom stereocenters. The predicted molar refractivity (Wildman–Crippen MR) is 81.0 cm³/mol. The first kappa shape index (κ1) is 13.8. The SMILES string of the molecule is Cc1ncc2c(n1)CCN(Cc1cc(Cl)ccc1Cl)C2. The molecule has 0 bridgehead atoms. The van der Waals surface area contributed by atoms with E-state index in [1.165, 1.54) is 11.3 Å². The predicted octanol–water partition coefficient (Wildman–Crippen LogP) is 3.65. The van der Waals surface area contributed by atoms with Crippen LogP contribution in [0.4, 0.5) is 0 Å². The van der Waals surface area contributed by atoms with E-state index in [1.54, 1.807) is 0 Å². The molecule has 0 aliphatic carbocycles. The van der Waals surface area contributed by atoms with Crippen LogP contribution in [-0.4, -0.2) is 21.4 Å². The minimum atomic E-state index is 0.723. The van der Waals surface area contributed by atoms with Crippen molar-refractivity contribution in [1.29, 1.82) is 0 Å². The van der Waals surface area contributed by atoms with Gasteiger partial charge in [-0.05, 0) is 30.7 Å². The lowest BCUT2D eigenvalue weighted by atomic mass is 10.1. The molecule has 1 aliphatic heterocycles. The molecule has 0 saturated heterocycles. The summed E-state index contributed by atoms with van der Waals surface area (Å²) in [5.41, 5.74) is 3.45. The highest BCUT2D eigenvalue weighted by molar-refractivity contribution is 6.33. The number of rotatable bonds is 2. The van der Waals surface area contributed by atoms with E-state index >= 15 is 0 Å². The van der Waals surface area contributed by atoms with Crippen molar-refractivity contribution in [2.45, 2.75) is 26.4 Å². The minimum absolute atomic E-state index is 0.723. The van der Waals surface area contributed by atoms with Gasteiger partial charge in [0.15, 0.2) is 0 Å². The van der Waals surface area contributed by atoms with E-state index in [1.807, 2.05) is 31.3 Å². The van der Waals surface area contributed by atoms with Gasteiger partial charge < -0.3 is 0 Å². The van der Waals surface area contributed by atoms with E-state index in [4.69, 9.17) is 23.2 Å². The Morgan fingerprint density at radius 1 is 1.30 bits per heavy atom. The Morgan fingerprint density at radius 3 is 3.00 bits per heavy atom. The van der Waals surface area contributed by atoms with Crippen LogP contribution in [0.5, 0.6) is 0 Å². The summed E-state index contributed by atoms with van der Waals surface area (Å²) in [6.07, 6.45) is 2.89. The lowest BCUT2D eigenvalue weighted by Gasteiger charge is -2.28. The highest BCUT2D eigenvalue weighted by atomic mass is 35.5. The molecule has 0 atom stereocenters. The number of nitrogens with zero attached hydrogens (tertiary/aromatic N) is 3. The van der Waals surface area contributed by atoms with E-state index < -0.39 is 0 Å². The van der Waals surface area contributed by atoms with Crippen LogP contribution in [0.3, 0.4) is 0 Å². The Hall–Kier alpha value is -1.16. The Kier molecular flexibility index (Phi) is 3.92. The molecule has 0 saturated carbocycles. The molecule has 2 heterocycles. The van der Waals surface area contributed by atoms with E-state index in [0.29, 0.717) is 0 Å². The molecule has 0 fully saturated rings. The molecule has 1 aromatic heterocycles. The maximum absolute atomic E-state index is 6.23. The van der Waals surface area contributed by atoms with Gasteiger partial charge in [-0.3, -0.25) is 4.90 Å². The molecule has 3 rings (SSSR count). The van der Waals surface area contributed by atoms with Gasteiger partial charge in [-0.25, -0.2) is 9.97 Å². The van der Waals surface area contributed by atoms with Gasteiger partial charge in [0.05, 0.1) is 0 Å². The van der Waals surface area contributed by atoms with E-state index in [2.05, 4.69) is 14.9 Å². The average Bonchev–Trinajstić information content (AvgIpc) is 2.43. The summed E-state index contributed by atoms with van der Waals surface area (Å²) < 4.78 is 0. The Bertz CT molecular complexity index is 643. The smallest absolute Gasteiger partial charge is 0.125 e. The summed E-state index contributed by atoms with van der Waals surface area (Å²) in [4.78, 5) is 11.1. The van der Waals surface area contributed by atoms with Gasteiger partial charge in [0, 0.05) is 53.6 Å². The number of aromatic nitrogens is 2. The van der Waals surface area contributed by atoms with E-state index in [0.717, 1.165) is 47.5 Å². The van der Waals surface area contributed by atoms with Crippen molar-refractivity contribution >= 4 is 23.2 Å². The standard InChI is InChI=1S/C15H15Cl2N3/c1-10-18-7-12-9-20(5-4-15(12)19-10)8-11-6-13(16)2-3-14(11)17/h2-3,6-7H,4-5,8-9H2,1H3. The quantitative estimate of drug-likeness (QED) is 0.848. The lowest BCUT2D eigenvalue weighted by Crippen LogP contribution is -2.31. The summed E-state index contributed by atoms with van der Waals surface area (Å²) in [5, 5.41) is 1.49. The van der Waals surface area contributed by atoms with Crippen LogP contribution in [0.1, 0.15) is 22.6 Å². The first-order valence-corrected chi connectivity index (χ1v) is 7.35. The summed E-state index contributed by atoms with van der Waals surface area (Å²) in [6.45, 7) is 4.57. The fraction of sp³-hybridized carbons (Fsp3) is 0.333. The molecule has 0 radical (unpaired) electrons. The molecule has 0 N–H and O–H groups in total. The molecule has 0 amide bonds. The number of aryl methyl sites for hydroxylation is 1. The molecule has 2 aromatic rings. The lowest BCUT2D eigenvalue weighted by molar-refractivity contribution is 0.242. The van der Waals surface area contributed by atoms with Crippen molar-refractivity contribution in [3.8, 4) is 0 Å². The number of fused-ring (bicyclic) bond motifs is 1. The van der Waals surface area contributed by atoms with Crippen molar-refractivity contribution in [3.05, 3.63) is 57.1 Å². The molecule has 3 nitrogen and oxygen atoms in total. The van der Waals surface area contributed by atoms with Crippen LogP contribution in [0.25, 0.3) is 0 Å². The molecular formula is C15H15Cl2N3. The maximum Gasteiger partial charge on any atom is 0.125 e. The fourth-order valence-electron chi connectivity index (χ4n) is 2.51. The molecule has 1 aromatic carbocycles. The highest BCUT2D eigenvalue weighted by Crippen LogP contribution is 2.24. The Balaban J connectivity index is 1.77. The topological polar surface area (TPSA) is 29.0 Å². The van der Waals surface area contributed by atoms with Crippen molar-refractivity contribution in [2.75, 3.05) is 6.54 Å². The molecular weight excluding hydrogens is 293 g/mol. The zero-order valence-electron chi connectivity index (χ0n) is 11.2. The summed E-state index contributed by atoms with van der Waals surface area (Å²) >= 11 is 12.3. The molecule has 1 aliphatic rings. The Morgan fingerprint density at radius 2 is 2.15 bits per heavy atom. The monoisotopic (exact) mass is 307 g/mol. The van der Waals surface area contributed by atoms with Gasteiger partial charge >= 0.3 is 0 Å². The van der Waals surface area contributed by atoms with E-state index in [-0.39, 0.29) is 0 Å². The number of halogens is 2. The van der Waals surface area contributed by atoms with Crippen LogP contribution in [-0.2, 0) is 19.5 Å². The van der Waals surface area contributed by atoms with Gasteiger partial charge in [-0.1, -0.05) is 23.2 Å². The largest absolute Gasteiger partial charge is 0.294 e. The average molecular weight is 308 g/mol. The second-order valence-corrected chi connectivity index (χ2v) is 5.93. The third kappa shape index (κ3) is 2.95. The normalized spacial score (nSPS) is 15.2. The van der Waals surface area contributed by atoms with Gasteiger partial charge in [-0.15, -0.1) is 0 Å². The van der Waals surface area contributed by atoms with Crippen LogP contribution in [0.2, 0.25) is 10.0 Å². The van der Waals surface area contributed by atoms with Crippen molar-refractivity contribution in [3.63, 3.8) is 0 Å². The summed E-state index contributed by atoms with van der Waals surface area (Å²) in [6, 6.07) is 5.60. The third-order valence-electron chi connectivity index (χ3n) is 3.54. The van der Waals surface area contributed by atoms with Crippen LogP contribution < -0.4 is 0 Å². The van der Waals surface area contributed by atoms with Crippen molar-refractivity contribution in [1.82, 2.24) is 14.9 Å². The fourth-order valence-corrected chi connectivity index (χ4v) is 2.89. The van der Waals surface area contributed by atoms with Gasteiger partial charge in [-0.2, -0.15) is 0 Å². The van der Waals surface area contributed by atoms with E-state index in [9.17, 15) is 0 Å². The summed E-state index contributed by atoms with van der Waals surface area (Å²) in [7, 11) is 0. The highest BCUT2D eigenvalue weighted by Gasteiger charge is 2.18. The zero-order valence-corrected chi connectivity index (χ0v) is 12.7. The third-order valence-corrected chi connectivity index (χ3v) is 4.14. The van der Waals surface area contributed by atoms with Crippen molar-refractivity contribution in [2.24, 2.45) is 0 Å². The summed E-state index contributed by atoms with van der Waals surface area (Å²) in [5.74, 6) is 0.843. The van der Waals surface area contributed by atoms with Crippen molar-refractivity contribution < 1.29 is 0 Å². The van der Waals surface area contributed by atoms with Gasteiger partial charge in [0.1, 0.15) is 5.82 Å². The molecule has 104 valence electrons. The molecule has 5 heteroatoms. The molecule has 0 spiro atoms. The van der Waals surface area contributed by atoms with Crippen LogP contribution >= 0.6 is 23.2 Å². The van der Waals surface area contributed by atoms with Crippen LogP contribution in [0, 0.1) is 6.92 Å². The second-order valence-electron chi connectivity index (χ2n) is 5.09. The van der Waals surface area contributed by atoms with Gasteiger partial charge in [0.2, 0.25) is 0 Å². The number of benzene rings is 1. The minimum Gasteiger partial charge on any atom is -0.294 e. The Labute approximate surface area is 128 Å². The number of hydrogen-bond donors (Lipinski definition) is 0. The number of hydrogen-bond acceptors (Lipinski definition) is 3. The zero-order chi connectivity index (χ0) is 14.1. The second kappa shape index (κ2) is 5.68. The van der Waals surface area contributed by atoms with Crippen LogP contribution in [0.15, 0.2) is 24.4 Å².